The monoisotopic (exact) mass is 344 g/mol. The van der Waals surface area contributed by atoms with Gasteiger partial charge >= 0.3 is 0 Å². The highest BCUT2D eigenvalue weighted by molar-refractivity contribution is 6.06. The van der Waals surface area contributed by atoms with Crippen molar-refractivity contribution in [3.63, 3.8) is 0 Å². The molecular formula is C19H21ClN2O2. The average Bonchev–Trinajstić information content (AvgIpc) is 2.92. The number of hydrogen-bond donors (Lipinski definition) is 2. The number of carbonyl (C=O) groups excluding carboxylic acids is 1. The number of anilines is 1. The average molecular weight is 345 g/mol. The maximum absolute atomic E-state index is 12.5. The zero-order valence-electron chi connectivity index (χ0n) is 13.5. The lowest BCUT2D eigenvalue weighted by Crippen LogP contribution is -2.40. The first kappa shape index (κ1) is 16.8. The lowest BCUT2D eigenvalue weighted by atomic mass is 9.92. The van der Waals surface area contributed by atoms with Gasteiger partial charge in [-0.25, -0.2) is 0 Å². The van der Waals surface area contributed by atoms with Gasteiger partial charge < -0.3 is 15.1 Å². The summed E-state index contributed by atoms with van der Waals surface area (Å²) < 4.78 is 5.88. The summed E-state index contributed by atoms with van der Waals surface area (Å²) in [5, 5.41) is 8.60. The molecule has 2 aromatic carbocycles. The Morgan fingerprint density at radius 1 is 1.17 bits per heavy atom. The lowest BCUT2D eigenvalue weighted by Gasteiger charge is -2.27. The third kappa shape index (κ3) is 3.12. The van der Waals surface area contributed by atoms with Crippen LogP contribution in [0.25, 0.3) is 21.9 Å². The first-order valence-electron chi connectivity index (χ1n) is 8.16. The second-order valence-electron chi connectivity index (χ2n) is 6.37. The molecule has 0 spiro atoms. The fourth-order valence-electron chi connectivity index (χ4n) is 3.42. The number of rotatable bonds is 2. The van der Waals surface area contributed by atoms with E-state index in [0.717, 1.165) is 47.0 Å². The van der Waals surface area contributed by atoms with E-state index >= 15 is 0 Å². The molecule has 1 aromatic heterocycles. The highest BCUT2D eigenvalue weighted by Gasteiger charge is 2.24. The van der Waals surface area contributed by atoms with E-state index in [1.165, 1.54) is 0 Å². The van der Waals surface area contributed by atoms with Crippen molar-refractivity contribution in [2.45, 2.75) is 25.8 Å². The van der Waals surface area contributed by atoms with Gasteiger partial charge in [-0.2, -0.15) is 0 Å². The summed E-state index contributed by atoms with van der Waals surface area (Å²) in [6.07, 6.45) is 1.78. The number of furan rings is 1. The number of halogens is 1. The molecule has 5 heteroatoms. The molecule has 0 bridgehead atoms. The number of benzene rings is 2. The molecule has 3 aromatic rings. The Bertz CT molecular complexity index is 874. The summed E-state index contributed by atoms with van der Waals surface area (Å²) >= 11 is 0. The molecule has 0 aliphatic carbocycles. The molecule has 0 saturated carbocycles. The van der Waals surface area contributed by atoms with Crippen LogP contribution in [0.15, 0.2) is 46.9 Å². The van der Waals surface area contributed by atoms with Crippen LogP contribution in [0.3, 0.4) is 0 Å². The van der Waals surface area contributed by atoms with Crippen molar-refractivity contribution in [3.05, 3.63) is 42.5 Å². The van der Waals surface area contributed by atoms with Gasteiger partial charge in [0.05, 0.1) is 0 Å². The van der Waals surface area contributed by atoms with E-state index < -0.39 is 0 Å². The topological polar surface area (TPSA) is 54.3 Å². The number of piperidine rings is 1. The molecule has 126 valence electrons. The predicted octanol–water partition coefficient (Wildman–Crippen LogP) is 4.33. The molecule has 1 aliphatic heterocycles. The van der Waals surface area contributed by atoms with Crippen LogP contribution in [-0.2, 0) is 4.79 Å². The Balaban J connectivity index is 0.00000169. The lowest BCUT2D eigenvalue weighted by molar-refractivity contribution is -0.120. The Hall–Kier alpha value is -2.04. The molecule has 4 rings (SSSR count). The van der Waals surface area contributed by atoms with Crippen LogP contribution in [0.4, 0.5) is 5.69 Å². The number of hydrogen-bond acceptors (Lipinski definition) is 3. The summed E-state index contributed by atoms with van der Waals surface area (Å²) in [6.45, 7) is 3.03. The van der Waals surface area contributed by atoms with Crippen molar-refractivity contribution in [2.75, 3.05) is 11.9 Å². The smallest absolute Gasteiger partial charge is 0.227 e. The highest BCUT2D eigenvalue weighted by Crippen LogP contribution is 2.30. The molecule has 1 amide bonds. The van der Waals surface area contributed by atoms with E-state index in [1.54, 1.807) is 0 Å². The second kappa shape index (κ2) is 6.83. The van der Waals surface area contributed by atoms with Gasteiger partial charge in [-0.15, -0.1) is 12.4 Å². The van der Waals surface area contributed by atoms with Crippen LogP contribution in [0.1, 0.15) is 19.8 Å². The Labute approximate surface area is 147 Å². The van der Waals surface area contributed by atoms with Gasteiger partial charge in [-0.3, -0.25) is 4.79 Å². The number of para-hydroxylation sites is 1. The van der Waals surface area contributed by atoms with Gasteiger partial charge in [-0.1, -0.05) is 18.2 Å². The zero-order chi connectivity index (χ0) is 15.8. The van der Waals surface area contributed by atoms with Gasteiger partial charge in [0.15, 0.2) is 0 Å². The molecule has 0 radical (unpaired) electrons. The second-order valence-corrected chi connectivity index (χ2v) is 6.37. The van der Waals surface area contributed by atoms with E-state index in [-0.39, 0.29) is 24.2 Å². The van der Waals surface area contributed by atoms with Crippen LogP contribution in [0.5, 0.6) is 0 Å². The number of carbonyl (C=O) groups is 1. The zero-order valence-corrected chi connectivity index (χ0v) is 14.4. The van der Waals surface area contributed by atoms with Gasteiger partial charge in [0.2, 0.25) is 5.91 Å². The maximum atomic E-state index is 12.5. The predicted molar refractivity (Wildman–Crippen MR) is 99.8 cm³/mol. The molecule has 4 nitrogen and oxygen atoms in total. The number of fused-ring (bicyclic) bond motifs is 3. The Morgan fingerprint density at radius 3 is 2.79 bits per heavy atom. The minimum absolute atomic E-state index is 0. The van der Waals surface area contributed by atoms with Crippen molar-refractivity contribution in [1.82, 2.24) is 5.32 Å². The Morgan fingerprint density at radius 2 is 1.96 bits per heavy atom. The SMILES string of the molecule is C[C@H]1C[C@@H](C(=O)Nc2ccc3c(c2)oc2ccccc23)CCN1.Cl. The normalized spacial score (nSPS) is 20.7. The van der Waals surface area contributed by atoms with E-state index in [1.807, 2.05) is 36.4 Å². The van der Waals surface area contributed by atoms with Gasteiger partial charge in [0, 0.05) is 34.5 Å². The molecule has 2 heterocycles. The third-order valence-electron chi connectivity index (χ3n) is 4.64. The molecule has 1 aliphatic rings. The van der Waals surface area contributed by atoms with E-state index in [2.05, 4.69) is 23.6 Å². The third-order valence-corrected chi connectivity index (χ3v) is 4.64. The molecule has 24 heavy (non-hydrogen) atoms. The fraction of sp³-hybridized carbons (Fsp3) is 0.316. The van der Waals surface area contributed by atoms with Gasteiger partial charge in [0.1, 0.15) is 11.2 Å². The first-order valence-corrected chi connectivity index (χ1v) is 8.16. The molecule has 2 N–H and O–H groups in total. The highest BCUT2D eigenvalue weighted by atomic mass is 35.5. The maximum Gasteiger partial charge on any atom is 0.227 e. The molecule has 1 fully saturated rings. The van der Waals surface area contributed by atoms with E-state index in [9.17, 15) is 4.79 Å². The van der Waals surface area contributed by atoms with Crippen molar-refractivity contribution in [2.24, 2.45) is 5.92 Å². The van der Waals surface area contributed by atoms with E-state index in [0.29, 0.717) is 6.04 Å². The molecular weight excluding hydrogens is 324 g/mol. The van der Waals surface area contributed by atoms with Crippen molar-refractivity contribution >= 4 is 45.9 Å². The first-order chi connectivity index (χ1) is 11.2. The summed E-state index contributed by atoms with van der Waals surface area (Å²) in [5.41, 5.74) is 2.48. The molecule has 0 unspecified atom stereocenters. The van der Waals surface area contributed by atoms with Crippen LogP contribution in [-0.4, -0.2) is 18.5 Å². The minimum Gasteiger partial charge on any atom is -0.456 e. The summed E-state index contributed by atoms with van der Waals surface area (Å²) in [5.74, 6) is 0.187. The fourth-order valence-corrected chi connectivity index (χ4v) is 3.42. The largest absolute Gasteiger partial charge is 0.456 e. The van der Waals surface area contributed by atoms with Crippen LogP contribution < -0.4 is 10.6 Å². The quantitative estimate of drug-likeness (QED) is 0.727. The van der Waals surface area contributed by atoms with Crippen LogP contribution in [0.2, 0.25) is 0 Å². The molecule has 2 atom stereocenters. The van der Waals surface area contributed by atoms with Crippen LogP contribution >= 0.6 is 12.4 Å². The van der Waals surface area contributed by atoms with Gasteiger partial charge in [-0.05, 0) is 44.5 Å². The molecule has 1 saturated heterocycles. The summed E-state index contributed by atoms with van der Waals surface area (Å²) in [6, 6.07) is 14.3. The van der Waals surface area contributed by atoms with Gasteiger partial charge in [0.25, 0.3) is 0 Å². The van der Waals surface area contributed by atoms with Crippen molar-refractivity contribution in [3.8, 4) is 0 Å². The van der Waals surface area contributed by atoms with E-state index in [4.69, 9.17) is 4.42 Å². The van der Waals surface area contributed by atoms with Crippen LogP contribution in [0, 0.1) is 5.92 Å². The number of amides is 1. The summed E-state index contributed by atoms with van der Waals surface area (Å²) in [7, 11) is 0. The standard InChI is InChI=1S/C19H20N2O2.ClH/c1-12-10-13(8-9-20-12)19(22)21-14-6-7-16-15-4-2-3-5-17(15)23-18(16)11-14;/h2-7,11-13,20H,8-10H2,1H3,(H,21,22);1H/t12-,13-;/m0./s1. The number of nitrogens with one attached hydrogen (secondary N) is 2. The van der Waals surface area contributed by atoms with Crippen molar-refractivity contribution < 1.29 is 9.21 Å². The van der Waals surface area contributed by atoms with Crippen molar-refractivity contribution in [1.29, 1.82) is 0 Å². The summed E-state index contributed by atoms with van der Waals surface area (Å²) in [4.78, 5) is 12.5. The minimum atomic E-state index is 0. The Kier molecular flexibility index (Phi) is 4.78.